The van der Waals surface area contributed by atoms with Crippen LogP contribution in [0.4, 0.5) is 4.39 Å². The van der Waals surface area contributed by atoms with Crippen molar-refractivity contribution in [1.82, 2.24) is 9.97 Å². The third kappa shape index (κ3) is 2.49. The summed E-state index contributed by atoms with van der Waals surface area (Å²) in [5.74, 6) is 0.220. The summed E-state index contributed by atoms with van der Waals surface area (Å²) in [5.41, 5.74) is 1.14. The van der Waals surface area contributed by atoms with Crippen molar-refractivity contribution in [3.05, 3.63) is 48.2 Å². The van der Waals surface area contributed by atoms with Gasteiger partial charge in [-0.25, -0.2) is 9.97 Å². The molecule has 1 aromatic heterocycles. The number of aryl methyl sites for hydroxylation is 1. The largest absolute Gasteiger partial charge is 0.439 e. The van der Waals surface area contributed by atoms with Gasteiger partial charge in [0.25, 0.3) is 0 Å². The van der Waals surface area contributed by atoms with Crippen molar-refractivity contribution in [2.75, 3.05) is 0 Å². The van der Waals surface area contributed by atoms with Crippen LogP contribution in [-0.2, 0) is 0 Å². The van der Waals surface area contributed by atoms with Crippen LogP contribution in [0.25, 0.3) is 0 Å². The van der Waals surface area contributed by atoms with Crippen molar-refractivity contribution >= 4 is 0 Å². The van der Waals surface area contributed by atoms with Crippen molar-refractivity contribution in [2.45, 2.75) is 6.92 Å². The normalized spacial score (nSPS) is 10.0. The molecule has 76 valence electrons. The highest BCUT2D eigenvalue weighted by Crippen LogP contribution is 2.19. The smallest absolute Gasteiger partial charge is 0.225 e. The number of rotatable bonds is 2. The van der Waals surface area contributed by atoms with Gasteiger partial charge in [-0.3, -0.25) is 0 Å². The molecule has 1 heterocycles. The Hall–Kier alpha value is -1.97. The summed E-state index contributed by atoms with van der Waals surface area (Å²) in [5, 5.41) is 0. The second kappa shape index (κ2) is 4.04. The van der Waals surface area contributed by atoms with Gasteiger partial charge in [0.1, 0.15) is 12.1 Å². The first-order chi connectivity index (χ1) is 7.24. The van der Waals surface area contributed by atoms with E-state index in [1.54, 1.807) is 12.1 Å². The van der Waals surface area contributed by atoms with Gasteiger partial charge in [-0.1, -0.05) is 17.7 Å². The quantitative estimate of drug-likeness (QED) is 0.705. The first-order valence-electron chi connectivity index (χ1n) is 4.46. The van der Waals surface area contributed by atoms with Crippen molar-refractivity contribution in [3.63, 3.8) is 0 Å². The summed E-state index contributed by atoms with van der Waals surface area (Å²) in [7, 11) is 0. The van der Waals surface area contributed by atoms with Gasteiger partial charge in [-0.2, -0.15) is 4.39 Å². The standard InChI is InChI=1S/C11H9FN2O/c1-8-2-4-9(5-3-8)15-11-6-10(12)13-7-14-11/h2-7H,1H3. The molecule has 0 atom stereocenters. The number of hydrogen-bond acceptors (Lipinski definition) is 3. The molecule has 0 fully saturated rings. The van der Waals surface area contributed by atoms with Gasteiger partial charge in [0.05, 0.1) is 6.07 Å². The molecule has 0 amide bonds. The molecule has 0 unspecified atom stereocenters. The first-order valence-corrected chi connectivity index (χ1v) is 4.46. The summed E-state index contributed by atoms with van der Waals surface area (Å²) in [6.45, 7) is 1.98. The molecule has 0 radical (unpaired) electrons. The van der Waals surface area contributed by atoms with Gasteiger partial charge in [-0.15, -0.1) is 0 Å². The van der Waals surface area contributed by atoms with Crippen molar-refractivity contribution in [1.29, 1.82) is 0 Å². The molecule has 0 spiro atoms. The highest BCUT2D eigenvalue weighted by molar-refractivity contribution is 5.29. The molecule has 2 aromatic rings. The number of nitrogens with zero attached hydrogens (tertiary/aromatic N) is 2. The second-order valence-corrected chi connectivity index (χ2v) is 3.09. The summed E-state index contributed by atoms with van der Waals surface area (Å²) in [4.78, 5) is 7.12. The molecule has 0 saturated carbocycles. The van der Waals surface area contributed by atoms with Crippen LogP contribution in [0.3, 0.4) is 0 Å². The molecule has 1 aromatic carbocycles. The minimum absolute atomic E-state index is 0.200. The fourth-order valence-corrected chi connectivity index (χ4v) is 1.10. The van der Waals surface area contributed by atoms with Gasteiger partial charge in [-0.05, 0) is 19.1 Å². The van der Waals surface area contributed by atoms with Gasteiger partial charge in [0.2, 0.25) is 11.8 Å². The maximum atomic E-state index is 12.7. The fraction of sp³-hybridized carbons (Fsp3) is 0.0909. The van der Waals surface area contributed by atoms with E-state index in [-0.39, 0.29) is 5.88 Å². The molecule has 3 nitrogen and oxygen atoms in total. The highest BCUT2D eigenvalue weighted by atomic mass is 19.1. The lowest BCUT2D eigenvalue weighted by atomic mass is 10.2. The van der Waals surface area contributed by atoms with E-state index in [1.807, 2.05) is 19.1 Å². The van der Waals surface area contributed by atoms with E-state index in [0.717, 1.165) is 18.0 Å². The molecular weight excluding hydrogens is 195 g/mol. The Balaban J connectivity index is 2.18. The van der Waals surface area contributed by atoms with Crippen LogP contribution < -0.4 is 4.74 Å². The van der Waals surface area contributed by atoms with E-state index in [1.165, 1.54) is 0 Å². The lowest BCUT2D eigenvalue weighted by molar-refractivity contribution is 0.450. The Bertz CT molecular complexity index is 456. The fourth-order valence-electron chi connectivity index (χ4n) is 1.10. The van der Waals surface area contributed by atoms with Gasteiger partial charge < -0.3 is 4.74 Å². The molecule has 4 heteroatoms. The third-order valence-corrected chi connectivity index (χ3v) is 1.85. The number of aromatic nitrogens is 2. The van der Waals surface area contributed by atoms with E-state index < -0.39 is 5.95 Å². The number of benzene rings is 1. The third-order valence-electron chi connectivity index (χ3n) is 1.85. The molecule has 0 aliphatic carbocycles. The predicted octanol–water partition coefficient (Wildman–Crippen LogP) is 2.72. The molecule has 0 aliphatic rings. The Labute approximate surface area is 86.6 Å². The SMILES string of the molecule is Cc1ccc(Oc2cc(F)ncn2)cc1. The van der Waals surface area contributed by atoms with Crippen LogP contribution in [0.2, 0.25) is 0 Å². The molecule has 15 heavy (non-hydrogen) atoms. The number of ether oxygens (including phenoxy) is 1. The average molecular weight is 204 g/mol. The maximum absolute atomic E-state index is 12.7. The molecule has 2 rings (SSSR count). The Morgan fingerprint density at radius 3 is 2.53 bits per heavy atom. The number of halogens is 1. The van der Waals surface area contributed by atoms with E-state index in [2.05, 4.69) is 9.97 Å². The predicted molar refractivity (Wildman–Crippen MR) is 53.2 cm³/mol. The zero-order chi connectivity index (χ0) is 10.7. The average Bonchev–Trinajstić information content (AvgIpc) is 2.22. The van der Waals surface area contributed by atoms with E-state index in [9.17, 15) is 4.39 Å². The molecular formula is C11H9FN2O. The van der Waals surface area contributed by atoms with Crippen LogP contribution in [0.5, 0.6) is 11.6 Å². The first kappa shape index (κ1) is 9.58. The minimum Gasteiger partial charge on any atom is -0.439 e. The minimum atomic E-state index is -0.605. The summed E-state index contributed by atoms with van der Waals surface area (Å²) in [6.07, 6.45) is 1.12. The molecule has 0 N–H and O–H groups in total. The zero-order valence-electron chi connectivity index (χ0n) is 8.14. The van der Waals surface area contributed by atoms with E-state index >= 15 is 0 Å². The maximum Gasteiger partial charge on any atom is 0.225 e. The highest BCUT2D eigenvalue weighted by Gasteiger charge is 2.00. The van der Waals surface area contributed by atoms with Crippen molar-refractivity contribution in [3.8, 4) is 11.6 Å². The van der Waals surface area contributed by atoms with Crippen LogP contribution in [0.15, 0.2) is 36.7 Å². The van der Waals surface area contributed by atoms with Gasteiger partial charge in [0, 0.05) is 0 Å². The van der Waals surface area contributed by atoms with Crippen molar-refractivity contribution < 1.29 is 9.13 Å². The summed E-state index contributed by atoms with van der Waals surface area (Å²) < 4.78 is 18.0. The van der Waals surface area contributed by atoms with Gasteiger partial charge >= 0.3 is 0 Å². The summed E-state index contributed by atoms with van der Waals surface area (Å²) in [6, 6.07) is 8.56. The van der Waals surface area contributed by atoms with Crippen molar-refractivity contribution in [2.24, 2.45) is 0 Å². The number of hydrogen-bond donors (Lipinski definition) is 0. The Morgan fingerprint density at radius 1 is 1.13 bits per heavy atom. The van der Waals surface area contributed by atoms with E-state index in [4.69, 9.17) is 4.74 Å². The van der Waals surface area contributed by atoms with E-state index in [0.29, 0.717) is 5.75 Å². The Kier molecular flexibility index (Phi) is 2.58. The van der Waals surface area contributed by atoms with Gasteiger partial charge in [0.15, 0.2) is 0 Å². The zero-order valence-corrected chi connectivity index (χ0v) is 8.14. The van der Waals surface area contributed by atoms with Crippen LogP contribution >= 0.6 is 0 Å². The lowest BCUT2D eigenvalue weighted by Crippen LogP contribution is -1.90. The Morgan fingerprint density at radius 2 is 1.87 bits per heavy atom. The van der Waals surface area contributed by atoms with Crippen LogP contribution in [0.1, 0.15) is 5.56 Å². The second-order valence-electron chi connectivity index (χ2n) is 3.09. The summed E-state index contributed by atoms with van der Waals surface area (Å²) >= 11 is 0. The molecule has 0 saturated heterocycles. The van der Waals surface area contributed by atoms with Crippen LogP contribution in [-0.4, -0.2) is 9.97 Å². The monoisotopic (exact) mass is 204 g/mol. The molecule has 0 aliphatic heterocycles. The molecule has 0 bridgehead atoms. The topological polar surface area (TPSA) is 35.0 Å². The van der Waals surface area contributed by atoms with Crippen LogP contribution in [0, 0.1) is 12.9 Å². The lowest BCUT2D eigenvalue weighted by Gasteiger charge is -2.03.